The Balaban J connectivity index is 1.59. The molecule has 2 saturated carbocycles. The van der Waals surface area contributed by atoms with E-state index in [1.54, 1.807) is 11.3 Å². The normalized spacial score (nSPS) is 20.6. The number of imidazole rings is 1. The smallest absolute Gasteiger partial charge is 0.0994 e. The number of hydrogen-bond acceptors (Lipinski definition) is 1. The SMILES string of the molecule is c1cc2cncn2c(CCC2CCCCC2)c1C1CC1. The lowest BCUT2D eigenvalue weighted by molar-refractivity contribution is 0.338. The minimum Gasteiger partial charge on any atom is -0.303 e. The molecule has 0 spiro atoms. The van der Waals surface area contributed by atoms with E-state index in [0.29, 0.717) is 0 Å². The number of aryl methyl sites for hydroxylation is 1. The number of rotatable bonds is 4. The molecule has 0 bridgehead atoms. The van der Waals surface area contributed by atoms with Crippen LogP contribution in [0.3, 0.4) is 0 Å². The quantitative estimate of drug-likeness (QED) is 0.784. The van der Waals surface area contributed by atoms with Gasteiger partial charge in [0.05, 0.1) is 18.0 Å². The third-order valence-electron chi connectivity index (χ3n) is 5.26. The first kappa shape index (κ1) is 12.4. The number of hydrogen-bond donors (Lipinski definition) is 0. The van der Waals surface area contributed by atoms with Crippen molar-refractivity contribution in [2.75, 3.05) is 0 Å². The van der Waals surface area contributed by atoms with Crippen molar-refractivity contribution in [3.8, 4) is 0 Å². The average Bonchev–Trinajstić information content (AvgIpc) is 3.23. The third-order valence-corrected chi connectivity index (χ3v) is 5.26. The summed E-state index contributed by atoms with van der Waals surface area (Å²) in [4.78, 5) is 4.34. The first-order valence-corrected chi connectivity index (χ1v) is 8.35. The molecular weight excluding hydrogens is 244 g/mol. The summed E-state index contributed by atoms with van der Waals surface area (Å²) in [5, 5.41) is 0. The Bertz CT molecular complexity index is 588. The lowest BCUT2D eigenvalue weighted by atomic mass is 9.85. The molecule has 0 amide bonds. The van der Waals surface area contributed by atoms with Gasteiger partial charge >= 0.3 is 0 Å². The highest BCUT2D eigenvalue weighted by molar-refractivity contribution is 5.49. The van der Waals surface area contributed by atoms with Crippen molar-refractivity contribution in [3.05, 3.63) is 35.9 Å². The van der Waals surface area contributed by atoms with Crippen LogP contribution in [0.1, 0.15) is 68.5 Å². The number of fused-ring (bicyclic) bond motifs is 1. The zero-order chi connectivity index (χ0) is 13.4. The molecule has 0 aromatic carbocycles. The summed E-state index contributed by atoms with van der Waals surface area (Å²) in [6, 6.07) is 4.61. The number of aromatic nitrogens is 2. The monoisotopic (exact) mass is 268 g/mol. The minimum absolute atomic E-state index is 0.836. The molecule has 2 aromatic heterocycles. The number of pyridine rings is 1. The first-order chi connectivity index (χ1) is 9.92. The van der Waals surface area contributed by atoms with Crippen LogP contribution < -0.4 is 0 Å². The molecule has 0 aliphatic heterocycles. The van der Waals surface area contributed by atoms with Gasteiger partial charge in [-0.25, -0.2) is 4.98 Å². The van der Waals surface area contributed by atoms with E-state index in [1.807, 2.05) is 12.5 Å². The molecule has 20 heavy (non-hydrogen) atoms. The second kappa shape index (κ2) is 5.23. The molecule has 0 atom stereocenters. The largest absolute Gasteiger partial charge is 0.303 e. The summed E-state index contributed by atoms with van der Waals surface area (Å²) in [5.74, 6) is 1.80. The molecule has 2 aliphatic carbocycles. The number of nitrogens with zero attached hydrogens (tertiary/aromatic N) is 2. The minimum atomic E-state index is 0.836. The zero-order valence-electron chi connectivity index (χ0n) is 12.2. The highest BCUT2D eigenvalue weighted by atomic mass is 15.0. The second-order valence-electron chi connectivity index (χ2n) is 6.74. The van der Waals surface area contributed by atoms with E-state index < -0.39 is 0 Å². The lowest BCUT2D eigenvalue weighted by Crippen LogP contribution is -2.10. The summed E-state index contributed by atoms with van der Waals surface area (Å²) in [6.07, 6.45) is 16.7. The van der Waals surface area contributed by atoms with Crippen LogP contribution in [0, 0.1) is 5.92 Å². The molecule has 2 heterocycles. The van der Waals surface area contributed by atoms with Crippen molar-refractivity contribution >= 4 is 5.52 Å². The van der Waals surface area contributed by atoms with Gasteiger partial charge in [-0.05, 0) is 49.1 Å². The van der Waals surface area contributed by atoms with Gasteiger partial charge in [0.15, 0.2) is 0 Å². The van der Waals surface area contributed by atoms with Crippen molar-refractivity contribution in [2.24, 2.45) is 5.92 Å². The van der Waals surface area contributed by atoms with Gasteiger partial charge in [-0.15, -0.1) is 0 Å². The van der Waals surface area contributed by atoms with E-state index in [-0.39, 0.29) is 0 Å². The Morgan fingerprint density at radius 2 is 1.90 bits per heavy atom. The molecule has 4 rings (SSSR count). The van der Waals surface area contributed by atoms with E-state index >= 15 is 0 Å². The maximum atomic E-state index is 4.34. The standard InChI is InChI=1S/C18H24N2/c1-2-4-14(5-3-1)6-11-18-17(15-7-8-15)10-9-16-12-19-13-20(16)18/h9-10,12-15H,1-8,11H2. The van der Waals surface area contributed by atoms with Gasteiger partial charge < -0.3 is 4.40 Å². The Kier molecular flexibility index (Phi) is 3.25. The lowest BCUT2D eigenvalue weighted by Gasteiger charge is -2.22. The van der Waals surface area contributed by atoms with Crippen molar-refractivity contribution in [1.29, 1.82) is 0 Å². The second-order valence-corrected chi connectivity index (χ2v) is 6.74. The molecule has 2 heteroatoms. The van der Waals surface area contributed by atoms with E-state index in [0.717, 1.165) is 11.8 Å². The van der Waals surface area contributed by atoms with Crippen LogP contribution >= 0.6 is 0 Å². The molecule has 0 unspecified atom stereocenters. The predicted octanol–water partition coefficient (Wildman–Crippen LogP) is 4.72. The zero-order valence-corrected chi connectivity index (χ0v) is 12.2. The molecule has 0 radical (unpaired) electrons. The van der Waals surface area contributed by atoms with E-state index in [4.69, 9.17) is 0 Å². The molecule has 2 aliphatic rings. The van der Waals surface area contributed by atoms with E-state index in [2.05, 4.69) is 21.5 Å². The Morgan fingerprint density at radius 3 is 2.70 bits per heavy atom. The molecule has 0 saturated heterocycles. The van der Waals surface area contributed by atoms with Crippen LogP contribution in [0.4, 0.5) is 0 Å². The Hall–Kier alpha value is -1.31. The van der Waals surface area contributed by atoms with Gasteiger partial charge in [0.1, 0.15) is 0 Å². The van der Waals surface area contributed by atoms with E-state index in [9.17, 15) is 0 Å². The van der Waals surface area contributed by atoms with Crippen LogP contribution in [-0.4, -0.2) is 9.38 Å². The van der Waals surface area contributed by atoms with Crippen LogP contribution in [0.5, 0.6) is 0 Å². The summed E-state index contributed by atoms with van der Waals surface area (Å²) in [5.41, 5.74) is 4.41. The summed E-state index contributed by atoms with van der Waals surface area (Å²) < 4.78 is 2.34. The molecule has 2 nitrogen and oxygen atoms in total. The average molecular weight is 268 g/mol. The van der Waals surface area contributed by atoms with Crippen molar-refractivity contribution in [1.82, 2.24) is 9.38 Å². The van der Waals surface area contributed by atoms with Gasteiger partial charge in [0, 0.05) is 5.69 Å². The molecule has 2 aromatic rings. The maximum absolute atomic E-state index is 4.34. The first-order valence-electron chi connectivity index (χ1n) is 8.35. The summed E-state index contributed by atoms with van der Waals surface area (Å²) in [6.45, 7) is 0. The fourth-order valence-electron chi connectivity index (χ4n) is 3.91. The van der Waals surface area contributed by atoms with Crippen LogP contribution in [0.15, 0.2) is 24.7 Å². The van der Waals surface area contributed by atoms with Crippen molar-refractivity contribution < 1.29 is 0 Å². The molecular formula is C18H24N2. The van der Waals surface area contributed by atoms with Gasteiger partial charge in [-0.3, -0.25) is 0 Å². The van der Waals surface area contributed by atoms with Crippen LogP contribution in [0.2, 0.25) is 0 Å². The van der Waals surface area contributed by atoms with Crippen molar-refractivity contribution in [2.45, 2.75) is 63.7 Å². The van der Waals surface area contributed by atoms with Gasteiger partial charge in [0.25, 0.3) is 0 Å². The van der Waals surface area contributed by atoms with Crippen molar-refractivity contribution in [3.63, 3.8) is 0 Å². The van der Waals surface area contributed by atoms with E-state index in [1.165, 1.54) is 63.3 Å². The summed E-state index contributed by atoms with van der Waals surface area (Å²) >= 11 is 0. The summed E-state index contributed by atoms with van der Waals surface area (Å²) in [7, 11) is 0. The van der Waals surface area contributed by atoms with Gasteiger partial charge in [-0.1, -0.05) is 38.2 Å². The topological polar surface area (TPSA) is 17.3 Å². The van der Waals surface area contributed by atoms with Gasteiger partial charge in [0.2, 0.25) is 0 Å². The van der Waals surface area contributed by atoms with Gasteiger partial charge in [-0.2, -0.15) is 0 Å². The Labute approximate surface area is 121 Å². The fraction of sp³-hybridized carbons (Fsp3) is 0.611. The molecule has 0 N–H and O–H groups in total. The fourth-order valence-corrected chi connectivity index (χ4v) is 3.91. The maximum Gasteiger partial charge on any atom is 0.0994 e. The third kappa shape index (κ3) is 2.36. The highest BCUT2D eigenvalue weighted by Crippen LogP contribution is 2.42. The highest BCUT2D eigenvalue weighted by Gasteiger charge is 2.27. The Morgan fingerprint density at radius 1 is 1.05 bits per heavy atom. The molecule has 106 valence electrons. The van der Waals surface area contributed by atoms with Crippen LogP contribution in [-0.2, 0) is 6.42 Å². The van der Waals surface area contributed by atoms with Crippen LogP contribution in [0.25, 0.3) is 5.52 Å². The predicted molar refractivity (Wildman–Crippen MR) is 82.1 cm³/mol. The molecule has 2 fully saturated rings.